The average Bonchev–Trinajstić information content (AvgIpc) is 3.67. The van der Waals surface area contributed by atoms with Crippen LogP contribution in [0.2, 0.25) is 0 Å². The summed E-state index contributed by atoms with van der Waals surface area (Å²) in [7, 11) is 0. The lowest BCUT2D eigenvalue weighted by molar-refractivity contribution is 1.18. The minimum absolute atomic E-state index is 1.09. The zero-order valence-corrected chi connectivity index (χ0v) is 33.0. The Morgan fingerprint density at radius 1 is 0.300 bits per heavy atom. The summed E-state index contributed by atoms with van der Waals surface area (Å²) in [5.74, 6) is 0. The number of fused-ring (bicyclic) bond motifs is 4. The fraction of sp³-hybridized carbons (Fsp3) is 0. The van der Waals surface area contributed by atoms with Crippen LogP contribution >= 0.6 is 0 Å². The van der Waals surface area contributed by atoms with Crippen LogP contribution in [-0.2, 0) is 0 Å². The van der Waals surface area contributed by atoms with Gasteiger partial charge in [0.1, 0.15) is 0 Å². The first kappa shape index (κ1) is 35.2. The number of hydrogen-bond acceptors (Lipinski definition) is 1. The van der Waals surface area contributed by atoms with E-state index in [1.165, 1.54) is 71.5 Å². The Morgan fingerprint density at radius 3 is 1.68 bits per heavy atom. The van der Waals surface area contributed by atoms with E-state index in [1.807, 2.05) is 0 Å². The van der Waals surface area contributed by atoms with Crippen molar-refractivity contribution in [3.63, 3.8) is 0 Å². The monoisotopic (exact) mass is 764 g/mol. The lowest BCUT2D eigenvalue weighted by Gasteiger charge is -2.28. The Labute approximate surface area is 350 Å². The van der Waals surface area contributed by atoms with E-state index in [1.54, 1.807) is 0 Å². The van der Waals surface area contributed by atoms with Gasteiger partial charge in [-0.1, -0.05) is 176 Å². The third kappa shape index (κ3) is 6.32. The summed E-state index contributed by atoms with van der Waals surface area (Å²) in [5.41, 5.74) is 16.3. The maximum atomic E-state index is 2.41. The van der Waals surface area contributed by atoms with Gasteiger partial charge in [0.05, 0.1) is 16.7 Å². The minimum atomic E-state index is 1.09. The Morgan fingerprint density at radius 2 is 0.883 bits per heavy atom. The van der Waals surface area contributed by atoms with Crippen LogP contribution < -0.4 is 4.90 Å². The van der Waals surface area contributed by atoms with E-state index in [4.69, 9.17) is 0 Å². The zero-order chi connectivity index (χ0) is 39.8. The first-order valence-electron chi connectivity index (χ1n) is 20.6. The van der Waals surface area contributed by atoms with Gasteiger partial charge in [-0.15, -0.1) is 0 Å². The van der Waals surface area contributed by atoms with Gasteiger partial charge in [-0.05, 0) is 116 Å². The number of hydrogen-bond donors (Lipinski definition) is 0. The van der Waals surface area contributed by atoms with Gasteiger partial charge in [0.2, 0.25) is 0 Å². The third-order valence-electron chi connectivity index (χ3n) is 11.8. The molecule has 10 aromatic carbocycles. The highest BCUT2D eigenvalue weighted by Gasteiger charge is 2.21. The number of anilines is 3. The normalized spacial score (nSPS) is 11.3. The molecule has 0 fully saturated rings. The topological polar surface area (TPSA) is 8.17 Å². The van der Waals surface area contributed by atoms with Crippen LogP contribution in [0.25, 0.3) is 82.8 Å². The quantitative estimate of drug-likeness (QED) is 0.150. The largest absolute Gasteiger partial charge is 0.310 e. The fourth-order valence-corrected chi connectivity index (χ4v) is 8.92. The summed E-state index contributed by atoms with van der Waals surface area (Å²) in [4.78, 5) is 2.41. The molecule has 282 valence electrons. The highest BCUT2D eigenvalue weighted by molar-refractivity contribution is 6.16. The molecule has 0 saturated carbocycles. The Hall–Kier alpha value is -7.94. The molecule has 11 aromatic rings. The molecule has 1 aromatic heterocycles. The van der Waals surface area contributed by atoms with E-state index in [0.717, 1.165) is 28.3 Å². The molecule has 0 bridgehead atoms. The highest BCUT2D eigenvalue weighted by Crippen LogP contribution is 2.45. The number of rotatable bonds is 8. The smallest absolute Gasteiger partial charge is 0.0547 e. The Balaban J connectivity index is 1.10. The van der Waals surface area contributed by atoms with Gasteiger partial charge in [0.15, 0.2) is 0 Å². The minimum Gasteiger partial charge on any atom is -0.310 e. The highest BCUT2D eigenvalue weighted by atomic mass is 15.1. The zero-order valence-electron chi connectivity index (χ0n) is 33.0. The molecule has 1 heterocycles. The molecular formula is C58H40N2. The van der Waals surface area contributed by atoms with Gasteiger partial charge in [0.25, 0.3) is 0 Å². The van der Waals surface area contributed by atoms with Crippen molar-refractivity contribution in [1.82, 2.24) is 4.57 Å². The maximum absolute atomic E-state index is 2.41. The van der Waals surface area contributed by atoms with E-state index in [9.17, 15) is 0 Å². The van der Waals surface area contributed by atoms with E-state index in [-0.39, 0.29) is 0 Å². The van der Waals surface area contributed by atoms with Crippen molar-refractivity contribution in [1.29, 1.82) is 0 Å². The molecular weight excluding hydrogens is 725 g/mol. The van der Waals surface area contributed by atoms with Gasteiger partial charge in [-0.2, -0.15) is 0 Å². The van der Waals surface area contributed by atoms with Gasteiger partial charge < -0.3 is 9.47 Å². The third-order valence-corrected chi connectivity index (χ3v) is 11.8. The van der Waals surface area contributed by atoms with Crippen LogP contribution in [0.15, 0.2) is 243 Å². The first-order chi connectivity index (χ1) is 29.8. The Kier molecular flexibility index (Phi) is 8.87. The molecule has 0 saturated heterocycles. The number of para-hydroxylation sites is 2. The van der Waals surface area contributed by atoms with Crippen LogP contribution in [0.5, 0.6) is 0 Å². The maximum Gasteiger partial charge on any atom is 0.0547 e. The predicted molar refractivity (Wildman–Crippen MR) is 255 cm³/mol. The van der Waals surface area contributed by atoms with Crippen LogP contribution in [-0.4, -0.2) is 4.57 Å². The SMILES string of the molecule is c1ccc(-c2ccc3c(c2)c2c(-c4cccc(N(c5ccc(-c6ccc7ccccc7c6)cc5)c5ccccc5-c5ccccc5)c4)cccc2n3-c2ccccc2)cc1. The standard InChI is InChI=1S/C58H40N2/c1-4-16-41(17-5-1)47-34-37-56-54(40-47)58-53(27-15-29-57(58)60(56)49-23-8-3-9-24-49)48-22-14-25-51(39-48)59(55-28-13-12-26-52(55)44-19-6-2-7-20-44)50-35-32-43(33-36-50)46-31-30-42-18-10-11-21-45(42)38-46/h1-40H. The molecule has 0 radical (unpaired) electrons. The molecule has 2 nitrogen and oxygen atoms in total. The number of aromatic nitrogens is 1. The van der Waals surface area contributed by atoms with E-state index in [0.29, 0.717) is 0 Å². The van der Waals surface area contributed by atoms with Gasteiger partial charge >= 0.3 is 0 Å². The summed E-state index contributed by atoms with van der Waals surface area (Å²) in [6, 6.07) is 87.9. The average molecular weight is 765 g/mol. The summed E-state index contributed by atoms with van der Waals surface area (Å²) >= 11 is 0. The van der Waals surface area contributed by atoms with Crippen molar-refractivity contribution in [2.75, 3.05) is 4.90 Å². The number of nitrogens with zero attached hydrogens (tertiary/aromatic N) is 2. The summed E-state index contributed by atoms with van der Waals surface area (Å²) < 4.78 is 2.41. The second-order valence-electron chi connectivity index (χ2n) is 15.3. The molecule has 0 spiro atoms. The molecule has 60 heavy (non-hydrogen) atoms. The molecule has 0 N–H and O–H groups in total. The van der Waals surface area contributed by atoms with E-state index < -0.39 is 0 Å². The van der Waals surface area contributed by atoms with Gasteiger partial charge in [-0.3, -0.25) is 0 Å². The second-order valence-corrected chi connectivity index (χ2v) is 15.3. The van der Waals surface area contributed by atoms with Crippen molar-refractivity contribution in [3.05, 3.63) is 243 Å². The molecule has 11 rings (SSSR count). The van der Waals surface area contributed by atoms with Crippen molar-refractivity contribution in [2.24, 2.45) is 0 Å². The van der Waals surface area contributed by atoms with Crippen molar-refractivity contribution in [3.8, 4) is 50.2 Å². The van der Waals surface area contributed by atoms with Crippen molar-refractivity contribution >= 4 is 49.6 Å². The van der Waals surface area contributed by atoms with Gasteiger partial charge in [0, 0.05) is 33.4 Å². The molecule has 0 amide bonds. The number of benzene rings is 10. The summed E-state index contributed by atoms with van der Waals surface area (Å²) in [5, 5.41) is 4.96. The summed E-state index contributed by atoms with van der Waals surface area (Å²) in [6.07, 6.45) is 0. The van der Waals surface area contributed by atoms with E-state index >= 15 is 0 Å². The molecule has 0 unspecified atom stereocenters. The molecule has 0 aliphatic carbocycles. The van der Waals surface area contributed by atoms with Crippen LogP contribution in [0, 0.1) is 0 Å². The Bertz CT molecular complexity index is 3290. The first-order valence-corrected chi connectivity index (χ1v) is 20.6. The van der Waals surface area contributed by atoms with Crippen LogP contribution in [0.1, 0.15) is 0 Å². The fourth-order valence-electron chi connectivity index (χ4n) is 8.92. The van der Waals surface area contributed by atoms with Crippen molar-refractivity contribution in [2.45, 2.75) is 0 Å². The molecule has 0 aliphatic rings. The lowest BCUT2D eigenvalue weighted by Crippen LogP contribution is -2.11. The molecule has 0 atom stereocenters. The summed E-state index contributed by atoms with van der Waals surface area (Å²) in [6.45, 7) is 0. The predicted octanol–water partition coefficient (Wildman–Crippen LogP) is 16.1. The second kappa shape index (κ2) is 15.1. The lowest BCUT2D eigenvalue weighted by atomic mass is 9.96. The van der Waals surface area contributed by atoms with Crippen LogP contribution in [0.4, 0.5) is 17.1 Å². The molecule has 0 aliphatic heterocycles. The van der Waals surface area contributed by atoms with Crippen molar-refractivity contribution < 1.29 is 0 Å². The van der Waals surface area contributed by atoms with Crippen LogP contribution in [0.3, 0.4) is 0 Å². The van der Waals surface area contributed by atoms with Gasteiger partial charge in [-0.25, -0.2) is 0 Å². The molecule has 2 heteroatoms. The van der Waals surface area contributed by atoms with E-state index in [2.05, 4.69) is 252 Å².